The fourth-order valence-corrected chi connectivity index (χ4v) is 1.14. The van der Waals surface area contributed by atoms with E-state index in [1.165, 1.54) is 0 Å². The maximum Gasteiger partial charge on any atom is 0.151 e. The van der Waals surface area contributed by atoms with E-state index in [1.54, 1.807) is 6.92 Å². The predicted molar refractivity (Wildman–Crippen MR) is 64.0 cm³/mol. The Morgan fingerprint density at radius 3 is 2.12 bits per heavy atom. The lowest BCUT2D eigenvalue weighted by Crippen LogP contribution is -2.01. The Labute approximate surface area is 96.7 Å². The molecule has 0 bridgehead atoms. The van der Waals surface area contributed by atoms with E-state index in [9.17, 15) is 4.79 Å². The largest absolute Gasteiger partial charge is 0.368 e. The Kier molecular flexibility index (Phi) is 8.39. The zero-order valence-corrected chi connectivity index (χ0v) is 9.89. The lowest BCUT2D eigenvalue weighted by molar-refractivity contribution is -0.116. The van der Waals surface area contributed by atoms with Gasteiger partial charge >= 0.3 is 0 Å². The lowest BCUT2D eigenvalue weighted by atomic mass is 10.1. The van der Waals surface area contributed by atoms with Gasteiger partial charge in [0.15, 0.2) is 6.29 Å². The van der Waals surface area contributed by atoms with Gasteiger partial charge in [-0.3, -0.25) is 4.79 Å². The van der Waals surface area contributed by atoms with Crippen LogP contribution >= 0.6 is 0 Å². The number of hydrogen-bond donors (Lipinski definition) is 2. The Morgan fingerprint density at radius 1 is 1.25 bits per heavy atom. The third kappa shape index (κ3) is 9.37. The highest BCUT2D eigenvalue weighted by molar-refractivity contribution is 5.78. The van der Waals surface area contributed by atoms with Gasteiger partial charge in [0.25, 0.3) is 0 Å². The standard InChI is InChI=1S/C9H10O.C4H10O2/c1-8(10)7-9-5-3-2-4-6-9;1-2-3-4(5)6/h2-6H,7H2,1H3;4-6H,2-3H2,1H3. The van der Waals surface area contributed by atoms with Crippen molar-refractivity contribution in [3.63, 3.8) is 0 Å². The molecule has 1 rings (SSSR count). The van der Waals surface area contributed by atoms with Crippen molar-refractivity contribution in [3.8, 4) is 0 Å². The summed E-state index contributed by atoms with van der Waals surface area (Å²) in [6.07, 6.45) is 0.772. The molecule has 0 aliphatic heterocycles. The molecular weight excluding hydrogens is 204 g/mol. The second kappa shape index (κ2) is 9.07. The first-order valence-corrected chi connectivity index (χ1v) is 5.45. The maximum atomic E-state index is 10.6. The summed E-state index contributed by atoms with van der Waals surface area (Å²) in [4.78, 5) is 10.6. The molecule has 2 N–H and O–H groups in total. The Hall–Kier alpha value is -1.19. The molecule has 0 saturated heterocycles. The number of carbonyl (C=O) groups excluding carboxylic acids is 1. The zero-order valence-electron chi connectivity index (χ0n) is 9.89. The van der Waals surface area contributed by atoms with Crippen LogP contribution in [0.15, 0.2) is 30.3 Å². The van der Waals surface area contributed by atoms with Crippen molar-refractivity contribution in [1.29, 1.82) is 0 Å². The summed E-state index contributed by atoms with van der Waals surface area (Å²) in [6, 6.07) is 9.75. The average molecular weight is 224 g/mol. The van der Waals surface area contributed by atoms with E-state index in [0.29, 0.717) is 12.8 Å². The first-order chi connectivity index (χ1) is 7.56. The number of hydrogen-bond acceptors (Lipinski definition) is 3. The number of carbonyl (C=O) groups is 1. The highest BCUT2D eigenvalue weighted by Crippen LogP contribution is 1.98. The van der Waals surface area contributed by atoms with Crippen molar-refractivity contribution in [2.24, 2.45) is 0 Å². The third-order valence-electron chi connectivity index (χ3n) is 1.84. The minimum atomic E-state index is -1.10. The van der Waals surface area contributed by atoms with Crippen molar-refractivity contribution in [2.45, 2.75) is 39.4 Å². The third-order valence-corrected chi connectivity index (χ3v) is 1.84. The van der Waals surface area contributed by atoms with E-state index < -0.39 is 6.29 Å². The van der Waals surface area contributed by atoms with Gasteiger partial charge in [-0.15, -0.1) is 0 Å². The number of aliphatic hydroxyl groups is 2. The maximum absolute atomic E-state index is 10.6. The van der Waals surface area contributed by atoms with Crippen LogP contribution in [-0.2, 0) is 11.2 Å². The second-order valence-corrected chi connectivity index (χ2v) is 3.63. The molecule has 1 aromatic rings. The van der Waals surface area contributed by atoms with Crippen LogP contribution in [0.4, 0.5) is 0 Å². The average Bonchev–Trinajstić information content (AvgIpc) is 2.18. The molecular formula is C13H20O3. The molecule has 0 unspecified atom stereocenters. The second-order valence-electron chi connectivity index (χ2n) is 3.63. The van der Waals surface area contributed by atoms with Crippen LogP contribution in [0.3, 0.4) is 0 Å². The van der Waals surface area contributed by atoms with Gasteiger partial charge < -0.3 is 10.2 Å². The van der Waals surface area contributed by atoms with Crippen molar-refractivity contribution >= 4 is 5.78 Å². The van der Waals surface area contributed by atoms with Crippen LogP contribution in [0.2, 0.25) is 0 Å². The molecule has 0 heterocycles. The van der Waals surface area contributed by atoms with Crippen LogP contribution < -0.4 is 0 Å². The monoisotopic (exact) mass is 224 g/mol. The molecule has 90 valence electrons. The van der Waals surface area contributed by atoms with Crippen LogP contribution in [-0.4, -0.2) is 22.3 Å². The van der Waals surface area contributed by atoms with Gasteiger partial charge in [0, 0.05) is 6.42 Å². The molecule has 3 nitrogen and oxygen atoms in total. The first kappa shape index (κ1) is 14.8. The predicted octanol–water partition coefficient (Wildman–Crippen LogP) is 1.92. The van der Waals surface area contributed by atoms with Gasteiger partial charge in [0.05, 0.1) is 0 Å². The quantitative estimate of drug-likeness (QED) is 0.768. The highest BCUT2D eigenvalue weighted by atomic mass is 16.5. The van der Waals surface area contributed by atoms with E-state index in [2.05, 4.69) is 0 Å². The van der Waals surface area contributed by atoms with Gasteiger partial charge in [-0.2, -0.15) is 0 Å². The smallest absolute Gasteiger partial charge is 0.151 e. The first-order valence-electron chi connectivity index (χ1n) is 5.45. The molecule has 0 amide bonds. The van der Waals surface area contributed by atoms with E-state index in [0.717, 1.165) is 12.0 Å². The van der Waals surface area contributed by atoms with Crippen LogP contribution in [0.1, 0.15) is 32.3 Å². The van der Waals surface area contributed by atoms with Crippen molar-refractivity contribution in [1.82, 2.24) is 0 Å². The summed E-state index contributed by atoms with van der Waals surface area (Å²) >= 11 is 0. The highest BCUT2D eigenvalue weighted by Gasteiger charge is 1.93. The SMILES string of the molecule is CC(=O)Cc1ccccc1.CCCC(O)O. The number of aliphatic hydroxyl groups excluding tert-OH is 1. The van der Waals surface area contributed by atoms with E-state index >= 15 is 0 Å². The number of Topliss-reactive ketones (excluding diaryl/α,β-unsaturated/α-hetero) is 1. The minimum absolute atomic E-state index is 0.214. The molecule has 0 fully saturated rings. The molecule has 16 heavy (non-hydrogen) atoms. The number of rotatable bonds is 4. The Bertz CT molecular complexity index is 280. The summed E-state index contributed by atoms with van der Waals surface area (Å²) in [6.45, 7) is 3.51. The van der Waals surface area contributed by atoms with E-state index in [1.807, 2.05) is 37.3 Å². The van der Waals surface area contributed by atoms with E-state index in [-0.39, 0.29) is 5.78 Å². The van der Waals surface area contributed by atoms with Crippen LogP contribution in [0, 0.1) is 0 Å². The summed E-state index contributed by atoms with van der Waals surface area (Å²) in [5.41, 5.74) is 1.09. The van der Waals surface area contributed by atoms with Crippen LogP contribution in [0.25, 0.3) is 0 Å². The number of ketones is 1. The molecule has 0 saturated carbocycles. The minimum Gasteiger partial charge on any atom is -0.368 e. The fourth-order valence-electron chi connectivity index (χ4n) is 1.14. The Morgan fingerprint density at radius 2 is 1.81 bits per heavy atom. The molecule has 1 aromatic carbocycles. The molecule has 0 aliphatic rings. The lowest BCUT2D eigenvalue weighted by Gasteiger charge is -1.94. The summed E-state index contributed by atoms with van der Waals surface area (Å²) in [5.74, 6) is 0.214. The summed E-state index contributed by atoms with van der Waals surface area (Å²) in [7, 11) is 0. The van der Waals surface area contributed by atoms with Gasteiger partial charge in [-0.25, -0.2) is 0 Å². The van der Waals surface area contributed by atoms with E-state index in [4.69, 9.17) is 10.2 Å². The molecule has 0 aromatic heterocycles. The summed E-state index contributed by atoms with van der Waals surface area (Å²) in [5, 5.41) is 16.2. The number of benzene rings is 1. The van der Waals surface area contributed by atoms with Gasteiger partial charge in [-0.1, -0.05) is 43.7 Å². The fraction of sp³-hybridized carbons (Fsp3) is 0.462. The topological polar surface area (TPSA) is 57.5 Å². The molecule has 0 radical (unpaired) electrons. The molecule has 0 aliphatic carbocycles. The zero-order chi connectivity index (χ0) is 12.4. The van der Waals surface area contributed by atoms with Gasteiger partial charge in [-0.05, 0) is 18.9 Å². The van der Waals surface area contributed by atoms with Crippen molar-refractivity contribution in [2.75, 3.05) is 0 Å². The van der Waals surface area contributed by atoms with Crippen molar-refractivity contribution in [3.05, 3.63) is 35.9 Å². The van der Waals surface area contributed by atoms with Gasteiger partial charge in [0.1, 0.15) is 5.78 Å². The normalized spacial score (nSPS) is 9.56. The molecule has 0 spiro atoms. The molecule has 3 heteroatoms. The summed E-state index contributed by atoms with van der Waals surface area (Å²) < 4.78 is 0. The van der Waals surface area contributed by atoms with Crippen molar-refractivity contribution < 1.29 is 15.0 Å². The molecule has 0 atom stereocenters. The van der Waals surface area contributed by atoms with Crippen LogP contribution in [0.5, 0.6) is 0 Å². The van der Waals surface area contributed by atoms with Gasteiger partial charge in [0.2, 0.25) is 0 Å². The Balaban J connectivity index is 0.000000325.